The van der Waals surface area contributed by atoms with E-state index in [1.54, 1.807) is 29.2 Å². The van der Waals surface area contributed by atoms with Gasteiger partial charge in [0.15, 0.2) is 11.5 Å². The predicted molar refractivity (Wildman–Crippen MR) is 83.5 cm³/mol. The number of hydrogen-bond donors (Lipinski definition) is 1. The number of halogens is 1. The van der Waals surface area contributed by atoms with Gasteiger partial charge in [0.25, 0.3) is 0 Å². The highest BCUT2D eigenvalue weighted by molar-refractivity contribution is 6.03. The van der Waals surface area contributed by atoms with E-state index in [1.807, 2.05) is 6.07 Å². The lowest BCUT2D eigenvalue weighted by Gasteiger charge is -2.32. The van der Waals surface area contributed by atoms with Crippen molar-refractivity contribution in [2.45, 2.75) is 6.54 Å². The second-order valence-corrected chi connectivity index (χ2v) is 5.44. The lowest BCUT2D eigenvalue weighted by Crippen LogP contribution is -2.39. The van der Waals surface area contributed by atoms with Crippen LogP contribution in [0.1, 0.15) is 5.56 Å². The molecule has 2 aliphatic heterocycles. The Balaban J connectivity index is 1.74. The molecule has 0 unspecified atom stereocenters. The van der Waals surface area contributed by atoms with Crippen LogP contribution in [0, 0.1) is 5.82 Å². The summed E-state index contributed by atoms with van der Waals surface area (Å²) in [7, 11) is 0. The monoisotopic (exact) mass is 314 g/mol. The molecule has 0 saturated carbocycles. The minimum atomic E-state index is -0.321. The molecule has 0 fully saturated rings. The zero-order valence-corrected chi connectivity index (χ0v) is 12.3. The standard InChI is InChI=1S/C17H15FN2O3/c18-12-4-2-1-3-11(12)10-20-14-8-16-15(22-5-6-23-16)7-13(14)19-9-17(20)21/h1-4,7-8,19H,5-6,9-10H2. The number of amides is 1. The van der Waals surface area contributed by atoms with Crippen LogP contribution in [-0.4, -0.2) is 25.7 Å². The number of anilines is 2. The van der Waals surface area contributed by atoms with Gasteiger partial charge in [-0.1, -0.05) is 18.2 Å². The number of ether oxygens (including phenoxy) is 2. The summed E-state index contributed by atoms with van der Waals surface area (Å²) in [5.74, 6) is 0.822. The van der Waals surface area contributed by atoms with Gasteiger partial charge >= 0.3 is 0 Å². The molecule has 1 amide bonds. The highest BCUT2D eigenvalue weighted by atomic mass is 19.1. The molecule has 0 saturated heterocycles. The molecule has 2 heterocycles. The molecular weight excluding hydrogens is 299 g/mol. The van der Waals surface area contributed by atoms with Crippen molar-refractivity contribution in [1.29, 1.82) is 0 Å². The molecule has 0 spiro atoms. The summed E-state index contributed by atoms with van der Waals surface area (Å²) >= 11 is 0. The maximum Gasteiger partial charge on any atom is 0.246 e. The maximum absolute atomic E-state index is 13.9. The van der Waals surface area contributed by atoms with Gasteiger partial charge in [-0.15, -0.1) is 0 Å². The van der Waals surface area contributed by atoms with Gasteiger partial charge < -0.3 is 19.7 Å². The number of carbonyl (C=O) groups is 1. The lowest BCUT2D eigenvalue weighted by atomic mass is 10.1. The molecule has 5 nitrogen and oxygen atoms in total. The van der Waals surface area contributed by atoms with Gasteiger partial charge in [0.2, 0.25) is 5.91 Å². The number of rotatable bonds is 2. The number of carbonyl (C=O) groups excluding carboxylic acids is 1. The quantitative estimate of drug-likeness (QED) is 0.925. The summed E-state index contributed by atoms with van der Waals surface area (Å²) in [6.07, 6.45) is 0. The van der Waals surface area contributed by atoms with Crippen LogP contribution in [-0.2, 0) is 11.3 Å². The van der Waals surface area contributed by atoms with Crippen LogP contribution < -0.4 is 19.7 Å². The van der Waals surface area contributed by atoms with Gasteiger partial charge in [-0.2, -0.15) is 0 Å². The van der Waals surface area contributed by atoms with E-state index in [1.165, 1.54) is 6.07 Å². The zero-order chi connectivity index (χ0) is 15.8. The average molecular weight is 314 g/mol. The summed E-state index contributed by atoms with van der Waals surface area (Å²) in [6, 6.07) is 10.1. The maximum atomic E-state index is 13.9. The van der Waals surface area contributed by atoms with Crippen molar-refractivity contribution in [3.8, 4) is 11.5 Å². The molecule has 2 aliphatic rings. The zero-order valence-electron chi connectivity index (χ0n) is 12.3. The Labute approximate surface area is 132 Å². The van der Waals surface area contributed by atoms with Gasteiger partial charge in [-0.25, -0.2) is 4.39 Å². The Morgan fingerprint density at radius 1 is 1.13 bits per heavy atom. The molecule has 0 aromatic heterocycles. The smallest absolute Gasteiger partial charge is 0.246 e. The second kappa shape index (κ2) is 5.46. The molecule has 23 heavy (non-hydrogen) atoms. The van der Waals surface area contributed by atoms with E-state index in [0.29, 0.717) is 36.0 Å². The van der Waals surface area contributed by atoms with Crippen LogP contribution in [0.15, 0.2) is 36.4 Å². The second-order valence-electron chi connectivity index (χ2n) is 5.44. The molecule has 0 radical (unpaired) electrons. The largest absolute Gasteiger partial charge is 0.486 e. The topological polar surface area (TPSA) is 50.8 Å². The molecule has 0 aliphatic carbocycles. The van der Waals surface area contributed by atoms with E-state index < -0.39 is 0 Å². The van der Waals surface area contributed by atoms with E-state index >= 15 is 0 Å². The number of nitrogens with one attached hydrogen (secondary N) is 1. The first kappa shape index (κ1) is 13.9. The number of benzene rings is 2. The summed E-state index contributed by atoms with van der Waals surface area (Å²) in [4.78, 5) is 13.9. The Morgan fingerprint density at radius 2 is 1.87 bits per heavy atom. The molecule has 0 atom stereocenters. The minimum Gasteiger partial charge on any atom is -0.486 e. The SMILES string of the molecule is O=C1CNc2cc3c(cc2N1Cc1ccccc1F)OCCO3. The van der Waals surface area contributed by atoms with Crippen molar-refractivity contribution in [1.82, 2.24) is 0 Å². The number of hydrogen-bond acceptors (Lipinski definition) is 4. The van der Waals surface area contributed by atoms with E-state index in [2.05, 4.69) is 5.32 Å². The number of nitrogens with zero attached hydrogens (tertiary/aromatic N) is 1. The molecule has 0 bridgehead atoms. The molecule has 118 valence electrons. The molecule has 4 rings (SSSR count). The van der Waals surface area contributed by atoms with Gasteiger partial charge in [-0.05, 0) is 6.07 Å². The van der Waals surface area contributed by atoms with Crippen LogP contribution in [0.5, 0.6) is 11.5 Å². The van der Waals surface area contributed by atoms with Gasteiger partial charge in [0.1, 0.15) is 19.0 Å². The summed E-state index contributed by atoms with van der Waals surface area (Å²) < 4.78 is 25.1. The normalized spacial score (nSPS) is 15.9. The fourth-order valence-corrected chi connectivity index (χ4v) is 2.81. The van der Waals surface area contributed by atoms with Gasteiger partial charge in [0.05, 0.1) is 24.5 Å². The van der Waals surface area contributed by atoms with Crippen LogP contribution in [0.2, 0.25) is 0 Å². The lowest BCUT2D eigenvalue weighted by molar-refractivity contribution is -0.117. The summed E-state index contributed by atoms with van der Waals surface area (Å²) in [5.41, 5.74) is 1.93. The average Bonchev–Trinajstić information content (AvgIpc) is 2.57. The van der Waals surface area contributed by atoms with Crippen molar-refractivity contribution in [3.05, 3.63) is 47.8 Å². The van der Waals surface area contributed by atoms with Crippen molar-refractivity contribution in [3.63, 3.8) is 0 Å². The van der Waals surface area contributed by atoms with Crippen molar-refractivity contribution >= 4 is 17.3 Å². The van der Waals surface area contributed by atoms with Crippen molar-refractivity contribution in [2.24, 2.45) is 0 Å². The summed E-state index contributed by atoms with van der Waals surface area (Å²) in [6.45, 7) is 1.32. The van der Waals surface area contributed by atoms with Crippen LogP contribution in [0.3, 0.4) is 0 Å². The highest BCUT2D eigenvalue weighted by Crippen LogP contribution is 2.41. The fourth-order valence-electron chi connectivity index (χ4n) is 2.81. The molecule has 6 heteroatoms. The van der Waals surface area contributed by atoms with E-state index in [0.717, 1.165) is 5.69 Å². The Morgan fingerprint density at radius 3 is 2.65 bits per heavy atom. The van der Waals surface area contributed by atoms with E-state index in [-0.39, 0.29) is 24.8 Å². The first-order valence-electron chi connectivity index (χ1n) is 7.43. The Kier molecular flexibility index (Phi) is 3.29. The first-order chi connectivity index (χ1) is 11.2. The van der Waals surface area contributed by atoms with Crippen LogP contribution >= 0.6 is 0 Å². The van der Waals surface area contributed by atoms with E-state index in [4.69, 9.17) is 9.47 Å². The van der Waals surface area contributed by atoms with Crippen molar-refractivity contribution < 1.29 is 18.7 Å². The number of fused-ring (bicyclic) bond motifs is 2. The molecule has 2 aromatic rings. The third-order valence-electron chi connectivity index (χ3n) is 3.97. The predicted octanol–water partition coefficient (Wildman–Crippen LogP) is 2.56. The van der Waals surface area contributed by atoms with E-state index in [9.17, 15) is 9.18 Å². The first-order valence-corrected chi connectivity index (χ1v) is 7.43. The van der Waals surface area contributed by atoms with Gasteiger partial charge in [-0.3, -0.25) is 4.79 Å². The molecule has 1 N–H and O–H groups in total. The van der Waals surface area contributed by atoms with Crippen LogP contribution in [0.4, 0.5) is 15.8 Å². The molecule has 2 aromatic carbocycles. The third kappa shape index (κ3) is 2.46. The third-order valence-corrected chi connectivity index (χ3v) is 3.97. The summed E-state index contributed by atoms with van der Waals surface area (Å²) in [5, 5.41) is 3.07. The van der Waals surface area contributed by atoms with Gasteiger partial charge in [0, 0.05) is 17.7 Å². The highest BCUT2D eigenvalue weighted by Gasteiger charge is 2.27. The Bertz CT molecular complexity index is 778. The Hall–Kier alpha value is -2.76. The fraction of sp³-hybridized carbons (Fsp3) is 0.235. The minimum absolute atomic E-state index is 0.113. The van der Waals surface area contributed by atoms with Crippen LogP contribution in [0.25, 0.3) is 0 Å². The van der Waals surface area contributed by atoms with Crippen molar-refractivity contribution in [2.75, 3.05) is 30.0 Å². The molecular formula is C17H15FN2O3.